The molecule has 0 spiro atoms. The molecule has 2 aromatic rings. The molecule has 1 atom stereocenters. The maximum atomic E-state index is 6.06. The minimum absolute atomic E-state index is 0.496. The summed E-state index contributed by atoms with van der Waals surface area (Å²) in [5.41, 5.74) is 2.27. The van der Waals surface area contributed by atoms with Crippen LogP contribution in [0.3, 0.4) is 0 Å². The van der Waals surface area contributed by atoms with Crippen LogP contribution in [-0.2, 0) is 0 Å². The van der Waals surface area contributed by atoms with Crippen LogP contribution in [0, 0.1) is 0 Å². The van der Waals surface area contributed by atoms with Gasteiger partial charge in [-0.2, -0.15) is 0 Å². The number of rotatable bonds is 2. The summed E-state index contributed by atoms with van der Waals surface area (Å²) < 4.78 is 2.26. The molecule has 1 unspecified atom stereocenters. The molecule has 0 bridgehead atoms. The maximum Gasteiger partial charge on any atom is 0.0954 e. The van der Waals surface area contributed by atoms with Gasteiger partial charge in [0.2, 0.25) is 0 Å². The van der Waals surface area contributed by atoms with Gasteiger partial charge in [-0.15, -0.1) is 0 Å². The third-order valence-corrected chi connectivity index (χ3v) is 3.69. The molecule has 0 aliphatic carbocycles. The maximum absolute atomic E-state index is 6.06. The summed E-state index contributed by atoms with van der Waals surface area (Å²) in [5.74, 6) is 0. The zero-order valence-electron chi connectivity index (χ0n) is 10.1. The zero-order chi connectivity index (χ0) is 12.4. The van der Waals surface area contributed by atoms with Gasteiger partial charge in [-0.1, -0.05) is 23.7 Å². The summed E-state index contributed by atoms with van der Waals surface area (Å²) in [4.78, 5) is 4.30. The Morgan fingerprint density at radius 3 is 3.11 bits per heavy atom. The van der Waals surface area contributed by atoms with Crippen molar-refractivity contribution in [1.29, 1.82) is 0 Å². The van der Waals surface area contributed by atoms with Crippen LogP contribution in [0.1, 0.15) is 18.9 Å². The predicted octanol–water partition coefficient (Wildman–Crippen LogP) is 3.13. The molecule has 94 valence electrons. The summed E-state index contributed by atoms with van der Waals surface area (Å²) in [6.07, 6.45) is 6.27. The first-order chi connectivity index (χ1) is 8.84. The Hall–Kier alpha value is -1.32. The lowest BCUT2D eigenvalue weighted by Crippen LogP contribution is -2.31. The Labute approximate surface area is 112 Å². The Morgan fingerprint density at radius 2 is 2.33 bits per heavy atom. The molecule has 0 radical (unpaired) electrons. The van der Waals surface area contributed by atoms with Crippen LogP contribution in [0.5, 0.6) is 0 Å². The monoisotopic (exact) mass is 261 g/mol. The van der Waals surface area contributed by atoms with Gasteiger partial charge in [0.15, 0.2) is 0 Å². The van der Waals surface area contributed by atoms with Crippen LogP contribution in [0.25, 0.3) is 11.3 Å². The van der Waals surface area contributed by atoms with Crippen molar-refractivity contribution in [3.8, 4) is 11.3 Å². The minimum atomic E-state index is 0.496. The van der Waals surface area contributed by atoms with E-state index in [2.05, 4.69) is 20.9 Å². The third kappa shape index (κ3) is 2.28. The predicted molar refractivity (Wildman–Crippen MR) is 73.8 cm³/mol. The van der Waals surface area contributed by atoms with Gasteiger partial charge in [0.1, 0.15) is 0 Å². The van der Waals surface area contributed by atoms with E-state index in [4.69, 9.17) is 11.6 Å². The lowest BCUT2D eigenvalue weighted by Gasteiger charge is -2.25. The average Bonchev–Trinajstić information content (AvgIpc) is 2.89. The number of piperidine rings is 1. The Kier molecular flexibility index (Phi) is 3.35. The van der Waals surface area contributed by atoms with E-state index < -0.39 is 0 Å². The smallest absolute Gasteiger partial charge is 0.0954 e. The van der Waals surface area contributed by atoms with Crippen LogP contribution in [0.2, 0.25) is 5.02 Å². The summed E-state index contributed by atoms with van der Waals surface area (Å²) in [5, 5.41) is 4.20. The lowest BCUT2D eigenvalue weighted by atomic mass is 10.1. The number of aromatic nitrogens is 2. The standard InChI is InChI=1S/C14H16ClN3/c15-12-4-1-3-11(7-12)14-9-17-10-18(14)13-5-2-6-16-8-13/h1,3-4,7,9-10,13,16H,2,5-6,8H2. The highest BCUT2D eigenvalue weighted by Gasteiger charge is 2.17. The van der Waals surface area contributed by atoms with E-state index in [-0.39, 0.29) is 0 Å². The molecule has 1 aromatic carbocycles. The first kappa shape index (κ1) is 11.8. The van der Waals surface area contributed by atoms with Crippen molar-refractivity contribution in [3.63, 3.8) is 0 Å². The zero-order valence-corrected chi connectivity index (χ0v) is 10.9. The number of hydrogen-bond donors (Lipinski definition) is 1. The summed E-state index contributed by atoms with van der Waals surface area (Å²) in [7, 11) is 0. The molecule has 0 saturated carbocycles. The number of hydrogen-bond acceptors (Lipinski definition) is 2. The number of nitrogens with zero attached hydrogens (tertiary/aromatic N) is 2. The number of nitrogens with one attached hydrogen (secondary N) is 1. The first-order valence-electron chi connectivity index (χ1n) is 6.33. The van der Waals surface area contributed by atoms with Gasteiger partial charge in [0, 0.05) is 23.2 Å². The molecule has 0 amide bonds. The van der Waals surface area contributed by atoms with Gasteiger partial charge in [0.05, 0.1) is 18.2 Å². The minimum Gasteiger partial charge on any atom is -0.326 e. The molecule has 4 heteroatoms. The molecule has 1 aliphatic rings. The quantitative estimate of drug-likeness (QED) is 0.900. The van der Waals surface area contributed by atoms with Crippen molar-refractivity contribution in [2.75, 3.05) is 13.1 Å². The van der Waals surface area contributed by atoms with Crippen LogP contribution in [-0.4, -0.2) is 22.6 Å². The molecule has 1 saturated heterocycles. The highest BCUT2D eigenvalue weighted by molar-refractivity contribution is 6.30. The SMILES string of the molecule is Clc1cccc(-c2cncn2C2CCCNC2)c1. The summed E-state index contributed by atoms with van der Waals surface area (Å²) >= 11 is 6.06. The lowest BCUT2D eigenvalue weighted by molar-refractivity contribution is 0.373. The van der Waals surface area contributed by atoms with Crippen molar-refractivity contribution in [2.45, 2.75) is 18.9 Å². The van der Waals surface area contributed by atoms with Crippen molar-refractivity contribution in [2.24, 2.45) is 0 Å². The van der Waals surface area contributed by atoms with Crippen LogP contribution in [0.4, 0.5) is 0 Å². The Bertz CT molecular complexity index is 529. The molecule has 1 aromatic heterocycles. The van der Waals surface area contributed by atoms with E-state index in [9.17, 15) is 0 Å². The van der Waals surface area contributed by atoms with Gasteiger partial charge in [0.25, 0.3) is 0 Å². The average molecular weight is 262 g/mol. The van der Waals surface area contributed by atoms with E-state index in [0.717, 1.165) is 29.4 Å². The van der Waals surface area contributed by atoms with Crippen molar-refractivity contribution >= 4 is 11.6 Å². The second kappa shape index (κ2) is 5.12. The summed E-state index contributed by atoms with van der Waals surface area (Å²) in [6.45, 7) is 2.14. The van der Waals surface area contributed by atoms with Crippen LogP contribution >= 0.6 is 11.6 Å². The fraction of sp³-hybridized carbons (Fsp3) is 0.357. The number of benzene rings is 1. The molecular weight excluding hydrogens is 246 g/mol. The highest BCUT2D eigenvalue weighted by Crippen LogP contribution is 2.27. The normalized spacial score (nSPS) is 19.9. The van der Waals surface area contributed by atoms with Crippen molar-refractivity contribution < 1.29 is 0 Å². The van der Waals surface area contributed by atoms with E-state index in [0.29, 0.717) is 6.04 Å². The molecule has 3 nitrogen and oxygen atoms in total. The molecule has 1 aliphatic heterocycles. The molecular formula is C14H16ClN3. The van der Waals surface area contributed by atoms with Gasteiger partial charge in [-0.05, 0) is 31.5 Å². The third-order valence-electron chi connectivity index (χ3n) is 3.45. The van der Waals surface area contributed by atoms with Crippen molar-refractivity contribution in [1.82, 2.24) is 14.9 Å². The highest BCUT2D eigenvalue weighted by atomic mass is 35.5. The molecule has 3 rings (SSSR count). The molecule has 1 N–H and O–H groups in total. The van der Waals surface area contributed by atoms with Gasteiger partial charge >= 0.3 is 0 Å². The Morgan fingerprint density at radius 1 is 1.39 bits per heavy atom. The second-order valence-electron chi connectivity index (χ2n) is 4.70. The van der Waals surface area contributed by atoms with E-state index >= 15 is 0 Å². The largest absolute Gasteiger partial charge is 0.326 e. The number of imidazole rings is 1. The van der Waals surface area contributed by atoms with Gasteiger partial charge < -0.3 is 9.88 Å². The first-order valence-corrected chi connectivity index (χ1v) is 6.71. The van der Waals surface area contributed by atoms with E-state index in [1.807, 2.05) is 30.7 Å². The van der Waals surface area contributed by atoms with E-state index in [1.54, 1.807) is 0 Å². The van der Waals surface area contributed by atoms with Gasteiger partial charge in [-0.25, -0.2) is 4.98 Å². The molecule has 1 fully saturated rings. The number of halogens is 1. The topological polar surface area (TPSA) is 29.9 Å². The van der Waals surface area contributed by atoms with Gasteiger partial charge in [-0.3, -0.25) is 0 Å². The Balaban J connectivity index is 1.95. The molecule has 2 heterocycles. The van der Waals surface area contributed by atoms with Crippen LogP contribution in [0.15, 0.2) is 36.8 Å². The fourth-order valence-electron chi connectivity index (χ4n) is 2.54. The van der Waals surface area contributed by atoms with E-state index in [1.165, 1.54) is 12.8 Å². The fourth-order valence-corrected chi connectivity index (χ4v) is 2.73. The molecule has 18 heavy (non-hydrogen) atoms. The summed E-state index contributed by atoms with van der Waals surface area (Å²) in [6, 6.07) is 8.44. The van der Waals surface area contributed by atoms with Crippen LogP contribution < -0.4 is 5.32 Å². The second-order valence-corrected chi connectivity index (χ2v) is 5.13. The van der Waals surface area contributed by atoms with Crippen molar-refractivity contribution in [3.05, 3.63) is 41.8 Å².